The van der Waals surface area contributed by atoms with Crippen molar-refractivity contribution in [2.24, 2.45) is 0 Å². The second kappa shape index (κ2) is 11.4. The van der Waals surface area contributed by atoms with Gasteiger partial charge < -0.3 is 9.47 Å². The highest BCUT2D eigenvalue weighted by molar-refractivity contribution is 5.78. The van der Waals surface area contributed by atoms with E-state index in [0.29, 0.717) is 19.0 Å². The molecule has 2 aromatic heterocycles. The number of benzene rings is 3. The van der Waals surface area contributed by atoms with E-state index in [1.165, 1.54) is 15.9 Å². The maximum absolute atomic E-state index is 11.6. The molecule has 0 unspecified atom stereocenters. The van der Waals surface area contributed by atoms with E-state index in [-0.39, 0.29) is 12.5 Å². The van der Waals surface area contributed by atoms with E-state index in [1.807, 2.05) is 48.5 Å². The largest absolute Gasteiger partial charge is 0.487 e. The SMILES string of the molecule is CCOC(=O)Cn1nnc(-c2ccc(CCc3cccc(OCc4ccc5ccccc5n4)c3)cc2)n1. The third kappa shape index (κ3) is 6.35. The van der Waals surface area contributed by atoms with Crippen molar-refractivity contribution in [3.05, 3.63) is 102 Å². The molecule has 5 rings (SSSR count). The number of esters is 1. The molecule has 0 amide bonds. The van der Waals surface area contributed by atoms with Crippen LogP contribution >= 0.6 is 0 Å². The van der Waals surface area contributed by atoms with Crippen molar-refractivity contribution < 1.29 is 14.3 Å². The molecule has 0 aliphatic carbocycles. The van der Waals surface area contributed by atoms with Crippen molar-refractivity contribution in [1.29, 1.82) is 0 Å². The molecule has 0 atom stereocenters. The van der Waals surface area contributed by atoms with Crippen molar-refractivity contribution in [3.63, 3.8) is 0 Å². The molecule has 0 aliphatic heterocycles. The van der Waals surface area contributed by atoms with Crippen LogP contribution in [0.15, 0.2) is 84.9 Å². The number of aryl methyl sites for hydroxylation is 2. The second-order valence-corrected chi connectivity index (χ2v) is 8.58. The number of carbonyl (C=O) groups is 1. The predicted octanol–water partition coefficient (Wildman–Crippen LogP) is 4.82. The van der Waals surface area contributed by atoms with Gasteiger partial charge in [-0.2, -0.15) is 4.80 Å². The molecule has 2 heterocycles. The van der Waals surface area contributed by atoms with E-state index in [2.05, 4.69) is 56.8 Å². The van der Waals surface area contributed by atoms with Gasteiger partial charge in [0.05, 0.1) is 17.8 Å². The zero-order valence-electron chi connectivity index (χ0n) is 20.6. The minimum absolute atomic E-state index is 0.0551. The fourth-order valence-corrected chi connectivity index (χ4v) is 3.99. The molecule has 0 radical (unpaired) electrons. The first-order valence-corrected chi connectivity index (χ1v) is 12.3. The number of para-hydroxylation sites is 1. The fourth-order valence-electron chi connectivity index (χ4n) is 3.99. The van der Waals surface area contributed by atoms with Crippen LogP contribution in [0, 0.1) is 0 Å². The Balaban J connectivity index is 1.15. The summed E-state index contributed by atoms with van der Waals surface area (Å²) in [5.74, 6) is 0.919. The van der Waals surface area contributed by atoms with Gasteiger partial charge in [0.1, 0.15) is 12.4 Å². The summed E-state index contributed by atoms with van der Waals surface area (Å²) in [4.78, 5) is 17.5. The molecule has 0 bridgehead atoms. The lowest BCUT2D eigenvalue weighted by atomic mass is 10.0. The Hall–Kier alpha value is -4.59. The molecular weight excluding hydrogens is 466 g/mol. The quantitative estimate of drug-likeness (QED) is 0.258. The van der Waals surface area contributed by atoms with Gasteiger partial charge in [0.2, 0.25) is 5.82 Å². The van der Waals surface area contributed by atoms with Crippen molar-refractivity contribution >= 4 is 16.9 Å². The highest BCUT2D eigenvalue weighted by Crippen LogP contribution is 2.19. The Morgan fingerprint density at radius 3 is 2.59 bits per heavy atom. The van der Waals surface area contributed by atoms with E-state index in [0.717, 1.165) is 40.8 Å². The molecule has 5 aromatic rings. The summed E-state index contributed by atoms with van der Waals surface area (Å²) in [7, 11) is 0. The first-order valence-electron chi connectivity index (χ1n) is 12.3. The van der Waals surface area contributed by atoms with Crippen molar-refractivity contribution in [2.45, 2.75) is 32.9 Å². The molecule has 0 saturated carbocycles. The van der Waals surface area contributed by atoms with Crippen LogP contribution in [-0.2, 0) is 35.5 Å². The minimum Gasteiger partial charge on any atom is -0.487 e. The average molecular weight is 494 g/mol. The zero-order valence-corrected chi connectivity index (χ0v) is 20.6. The first kappa shape index (κ1) is 24.1. The van der Waals surface area contributed by atoms with Crippen molar-refractivity contribution in [2.75, 3.05) is 6.61 Å². The lowest BCUT2D eigenvalue weighted by Gasteiger charge is -2.09. The van der Waals surface area contributed by atoms with Gasteiger partial charge in [0.15, 0.2) is 6.54 Å². The van der Waals surface area contributed by atoms with Gasteiger partial charge in [-0.1, -0.05) is 60.7 Å². The summed E-state index contributed by atoms with van der Waals surface area (Å²) in [6, 6.07) is 28.4. The van der Waals surface area contributed by atoms with E-state index < -0.39 is 0 Å². The van der Waals surface area contributed by atoms with Crippen LogP contribution in [-0.4, -0.2) is 37.8 Å². The van der Waals surface area contributed by atoms with Crippen LogP contribution in [0.4, 0.5) is 0 Å². The van der Waals surface area contributed by atoms with Crippen molar-refractivity contribution in [1.82, 2.24) is 25.2 Å². The fraction of sp³-hybridized carbons (Fsp3) is 0.207. The van der Waals surface area contributed by atoms with Gasteiger partial charge in [-0.15, -0.1) is 10.2 Å². The Morgan fingerprint density at radius 2 is 1.73 bits per heavy atom. The number of hydrogen-bond donors (Lipinski definition) is 0. The standard InChI is InChI=1S/C29H27N5O3/c1-2-36-28(35)19-34-32-29(31-33-34)24-14-12-21(13-15-24)10-11-22-6-5-8-26(18-22)37-20-25-17-16-23-7-3-4-9-27(23)30-25/h3-9,12-18H,2,10-11,19-20H2,1H3. The second-order valence-electron chi connectivity index (χ2n) is 8.58. The summed E-state index contributed by atoms with van der Waals surface area (Å²) in [6.07, 6.45) is 1.78. The first-order chi connectivity index (χ1) is 18.2. The van der Waals surface area contributed by atoms with Gasteiger partial charge in [-0.05, 0) is 60.4 Å². The van der Waals surface area contributed by atoms with Crippen LogP contribution in [0.25, 0.3) is 22.3 Å². The minimum atomic E-state index is -0.387. The summed E-state index contributed by atoms with van der Waals surface area (Å²) in [5.41, 5.74) is 5.13. The zero-order chi connectivity index (χ0) is 25.5. The summed E-state index contributed by atoms with van der Waals surface area (Å²) in [5, 5.41) is 13.4. The Labute approximate surface area is 214 Å². The molecule has 186 valence electrons. The number of hydrogen-bond acceptors (Lipinski definition) is 7. The number of carbonyl (C=O) groups excluding carboxylic acids is 1. The van der Waals surface area contributed by atoms with Gasteiger partial charge in [-0.3, -0.25) is 0 Å². The lowest BCUT2D eigenvalue weighted by Crippen LogP contribution is -2.15. The summed E-state index contributed by atoms with van der Waals surface area (Å²) in [6.45, 7) is 2.45. The van der Waals surface area contributed by atoms with Crippen molar-refractivity contribution in [3.8, 4) is 17.1 Å². The van der Waals surface area contributed by atoms with E-state index >= 15 is 0 Å². The molecule has 0 spiro atoms. The van der Waals surface area contributed by atoms with Crippen LogP contribution in [0.1, 0.15) is 23.7 Å². The average Bonchev–Trinajstić information content (AvgIpc) is 3.39. The topological polar surface area (TPSA) is 92.0 Å². The number of ether oxygens (including phenoxy) is 2. The number of pyridine rings is 1. The molecular formula is C29H27N5O3. The predicted molar refractivity (Wildman–Crippen MR) is 140 cm³/mol. The van der Waals surface area contributed by atoms with E-state index in [4.69, 9.17) is 9.47 Å². The van der Waals surface area contributed by atoms with Crippen LogP contribution in [0.5, 0.6) is 5.75 Å². The molecule has 37 heavy (non-hydrogen) atoms. The molecule has 8 nitrogen and oxygen atoms in total. The maximum Gasteiger partial charge on any atom is 0.329 e. The monoisotopic (exact) mass is 493 g/mol. The van der Waals surface area contributed by atoms with Gasteiger partial charge in [0, 0.05) is 10.9 Å². The molecule has 0 N–H and O–H groups in total. The molecule has 8 heteroatoms. The highest BCUT2D eigenvalue weighted by atomic mass is 16.5. The maximum atomic E-state index is 11.6. The summed E-state index contributed by atoms with van der Waals surface area (Å²) >= 11 is 0. The summed E-state index contributed by atoms with van der Waals surface area (Å²) < 4.78 is 10.9. The number of tetrazole rings is 1. The molecule has 0 saturated heterocycles. The van der Waals surface area contributed by atoms with Crippen LogP contribution in [0.2, 0.25) is 0 Å². The highest BCUT2D eigenvalue weighted by Gasteiger charge is 2.10. The Kier molecular flexibility index (Phi) is 7.45. The van der Waals surface area contributed by atoms with E-state index in [9.17, 15) is 4.79 Å². The Bertz CT molecular complexity index is 1500. The van der Waals surface area contributed by atoms with Crippen LogP contribution < -0.4 is 4.74 Å². The molecule has 0 fully saturated rings. The number of rotatable bonds is 10. The van der Waals surface area contributed by atoms with Gasteiger partial charge in [-0.25, -0.2) is 9.78 Å². The Morgan fingerprint density at radius 1 is 0.892 bits per heavy atom. The van der Waals surface area contributed by atoms with E-state index in [1.54, 1.807) is 6.92 Å². The van der Waals surface area contributed by atoms with Gasteiger partial charge >= 0.3 is 5.97 Å². The third-order valence-corrected chi connectivity index (χ3v) is 5.88. The smallest absolute Gasteiger partial charge is 0.329 e. The molecule has 3 aromatic carbocycles. The number of nitrogens with zero attached hydrogens (tertiary/aromatic N) is 5. The lowest BCUT2D eigenvalue weighted by molar-refractivity contribution is -0.144. The normalized spacial score (nSPS) is 10.9. The number of aromatic nitrogens is 5. The van der Waals surface area contributed by atoms with Gasteiger partial charge in [0.25, 0.3) is 0 Å². The molecule has 0 aliphatic rings. The van der Waals surface area contributed by atoms with Crippen LogP contribution in [0.3, 0.4) is 0 Å². The number of fused-ring (bicyclic) bond motifs is 1. The third-order valence-electron chi connectivity index (χ3n) is 5.88.